The highest BCUT2D eigenvalue weighted by Crippen LogP contribution is 2.31. The lowest BCUT2D eigenvalue weighted by Crippen LogP contribution is -2.49. The number of hydrogen-bond acceptors (Lipinski definition) is 6. The molecule has 0 radical (unpaired) electrons. The molecular weight excluding hydrogens is 540 g/mol. The minimum absolute atomic E-state index is 0.0000704. The number of aliphatic hydroxyl groups is 1. The van der Waals surface area contributed by atoms with Gasteiger partial charge in [-0.1, -0.05) is 61.5 Å². The molecule has 0 aliphatic carbocycles. The first-order valence-electron chi connectivity index (χ1n) is 14.6. The van der Waals surface area contributed by atoms with Gasteiger partial charge >= 0.3 is 0 Å². The first-order chi connectivity index (χ1) is 20.8. The van der Waals surface area contributed by atoms with Crippen LogP contribution in [0.4, 0.5) is 5.69 Å². The predicted octanol–water partition coefficient (Wildman–Crippen LogP) is 5.35. The Labute approximate surface area is 252 Å². The number of nitrogens with one attached hydrogen (secondary N) is 1. The molecule has 5 rings (SSSR count). The van der Waals surface area contributed by atoms with E-state index in [0.29, 0.717) is 35.7 Å². The third-order valence-electron chi connectivity index (χ3n) is 7.87. The SMILES string of the molecule is C[C@H]1CN([C@@H](C)CO)C(=O)c2cc(NC(=O)c3ccncc3)ccc2O[C@@H]1CN(C)Cc1ccc(-c2ccccc2)cc1. The second kappa shape index (κ2) is 13.6. The molecule has 43 heavy (non-hydrogen) atoms. The van der Waals surface area contributed by atoms with E-state index in [4.69, 9.17) is 4.74 Å². The minimum atomic E-state index is -0.377. The largest absolute Gasteiger partial charge is 0.488 e. The number of hydrogen-bond donors (Lipinski definition) is 2. The maximum atomic E-state index is 13.7. The summed E-state index contributed by atoms with van der Waals surface area (Å²) < 4.78 is 6.54. The van der Waals surface area contributed by atoms with Gasteiger partial charge in [0.05, 0.1) is 18.2 Å². The first kappa shape index (κ1) is 29.9. The van der Waals surface area contributed by atoms with Crippen LogP contribution in [-0.4, -0.2) is 70.6 Å². The summed E-state index contributed by atoms with van der Waals surface area (Å²) in [7, 11) is 2.07. The number of fused-ring (bicyclic) bond motifs is 1. The summed E-state index contributed by atoms with van der Waals surface area (Å²) in [4.78, 5) is 34.4. The lowest BCUT2D eigenvalue weighted by molar-refractivity contribution is 0.0341. The number of benzene rings is 3. The van der Waals surface area contributed by atoms with Crippen molar-refractivity contribution in [2.24, 2.45) is 5.92 Å². The van der Waals surface area contributed by atoms with E-state index in [9.17, 15) is 14.7 Å². The van der Waals surface area contributed by atoms with Gasteiger partial charge in [-0.05, 0) is 61.0 Å². The van der Waals surface area contributed by atoms with Crippen LogP contribution in [0.1, 0.15) is 40.1 Å². The zero-order valence-electron chi connectivity index (χ0n) is 24.8. The van der Waals surface area contributed by atoms with Crippen molar-refractivity contribution in [1.82, 2.24) is 14.8 Å². The van der Waals surface area contributed by atoms with Crippen molar-refractivity contribution in [1.29, 1.82) is 0 Å². The number of rotatable bonds is 9. The molecule has 0 saturated heterocycles. The van der Waals surface area contributed by atoms with Crippen LogP contribution in [0.2, 0.25) is 0 Å². The predicted molar refractivity (Wildman–Crippen MR) is 168 cm³/mol. The van der Waals surface area contributed by atoms with Gasteiger partial charge in [0, 0.05) is 49.2 Å². The summed E-state index contributed by atoms with van der Waals surface area (Å²) in [5.74, 6) is -0.0833. The number of amides is 2. The van der Waals surface area contributed by atoms with Crippen LogP contribution in [0.25, 0.3) is 11.1 Å². The average Bonchev–Trinajstić information content (AvgIpc) is 3.03. The highest BCUT2D eigenvalue weighted by Gasteiger charge is 2.33. The van der Waals surface area contributed by atoms with E-state index in [0.717, 1.165) is 6.54 Å². The molecule has 4 aromatic rings. The van der Waals surface area contributed by atoms with E-state index in [-0.39, 0.29) is 36.5 Å². The number of aliphatic hydroxyl groups excluding tert-OH is 1. The normalized spacial score (nSPS) is 17.4. The van der Waals surface area contributed by atoms with Gasteiger partial charge in [-0.2, -0.15) is 0 Å². The number of nitrogens with zero attached hydrogens (tertiary/aromatic N) is 3. The van der Waals surface area contributed by atoms with E-state index in [1.807, 2.05) is 25.1 Å². The third kappa shape index (κ3) is 7.28. The number of anilines is 1. The van der Waals surface area contributed by atoms with Crippen molar-refractivity contribution in [3.63, 3.8) is 0 Å². The van der Waals surface area contributed by atoms with Gasteiger partial charge in [0.25, 0.3) is 11.8 Å². The van der Waals surface area contributed by atoms with E-state index < -0.39 is 0 Å². The van der Waals surface area contributed by atoms with Crippen molar-refractivity contribution >= 4 is 17.5 Å². The maximum absolute atomic E-state index is 13.7. The Kier molecular flexibility index (Phi) is 9.49. The highest BCUT2D eigenvalue weighted by molar-refractivity contribution is 6.05. The molecular formula is C35H38N4O4. The molecule has 8 heteroatoms. The minimum Gasteiger partial charge on any atom is -0.488 e. The fourth-order valence-corrected chi connectivity index (χ4v) is 5.34. The molecule has 1 aromatic heterocycles. The summed E-state index contributed by atoms with van der Waals surface area (Å²) in [6.07, 6.45) is 2.89. The summed E-state index contributed by atoms with van der Waals surface area (Å²) in [6, 6.07) is 26.9. The molecule has 3 atom stereocenters. The van der Waals surface area contributed by atoms with Crippen molar-refractivity contribution in [3.8, 4) is 16.9 Å². The average molecular weight is 579 g/mol. The number of aromatic nitrogens is 1. The number of ether oxygens (including phenoxy) is 1. The standard InChI is InChI=1S/C35H38N4O4/c1-24-20-39(25(2)23-40)35(42)31-19-30(37-34(41)29-15-17-36-18-16-29)13-14-32(31)43-33(24)22-38(3)21-26-9-11-28(12-10-26)27-7-5-4-6-8-27/h4-19,24-25,33,40H,20-23H2,1-3H3,(H,37,41)/t24-,25-,33+/m0/s1. The van der Waals surface area contributed by atoms with Crippen LogP contribution in [-0.2, 0) is 6.54 Å². The number of carbonyl (C=O) groups excluding carboxylic acids is 2. The van der Waals surface area contributed by atoms with Gasteiger partial charge in [0.2, 0.25) is 0 Å². The molecule has 2 heterocycles. The van der Waals surface area contributed by atoms with Gasteiger partial charge in [-0.25, -0.2) is 0 Å². The Morgan fingerprint density at radius 2 is 1.74 bits per heavy atom. The molecule has 1 aliphatic rings. The van der Waals surface area contributed by atoms with Gasteiger partial charge in [-0.3, -0.25) is 19.5 Å². The highest BCUT2D eigenvalue weighted by atomic mass is 16.5. The van der Waals surface area contributed by atoms with E-state index in [2.05, 4.69) is 65.6 Å². The summed E-state index contributed by atoms with van der Waals surface area (Å²) in [5, 5.41) is 12.8. The second-order valence-corrected chi connectivity index (χ2v) is 11.3. The number of pyridine rings is 1. The van der Waals surface area contributed by atoms with Crippen LogP contribution >= 0.6 is 0 Å². The van der Waals surface area contributed by atoms with Crippen molar-refractivity contribution < 1.29 is 19.4 Å². The quantitative estimate of drug-likeness (QED) is 0.278. The molecule has 3 aromatic carbocycles. The van der Waals surface area contributed by atoms with Crippen LogP contribution < -0.4 is 10.1 Å². The number of carbonyl (C=O) groups is 2. The Bertz CT molecular complexity index is 1530. The Morgan fingerprint density at radius 3 is 2.44 bits per heavy atom. The van der Waals surface area contributed by atoms with Crippen molar-refractivity contribution in [2.75, 3.05) is 32.1 Å². The zero-order chi connectivity index (χ0) is 30.3. The summed E-state index contributed by atoms with van der Waals surface area (Å²) in [5.41, 5.74) is 4.86. The maximum Gasteiger partial charge on any atom is 0.258 e. The lowest BCUT2D eigenvalue weighted by atomic mass is 9.99. The van der Waals surface area contributed by atoms with Gasteiger partial charge in [-0.15, -0.1) is 0 Å². The molecule has 0 saturated carbocycles. The topological polar surface area (TPSA) is 95.0 Å². The first-order valence-corrected chi connectivity index (χ1v) is 14.6. The van der Waals surface area contributed by atoms with Crippen LogP contribution in [0.3, 0.4) is 0 Å². The number of likely N-dealkylation sites (N-methyl/N-ethyl adjacent to an activating group) is 1. The summed E-state index contributed by atoms with van der Waals surface area (Å²) >= 11 is 0. The molecule has 0 bridgehead atoms. The van der Waals surface area contributed by atoms with Gasteiger partial charge in [0.1, 0.15) is 11.9 Å². The fourth-order valence-electron chi connectivity index (χ4n) is 5.34. The molecule has 2 amide bonds. The Hall–Kier alpha value is -4.53. The lowest BCUT2D eigenvalue weighted by Gasteiger charge is -2.38. The molecule has 1 aliphatic heterocycles. The van der Waals surface area contributed by atoms with Crippen molar-refractivity contribution in [2.45, 2.75) is 32.5 Å². The molecule has 2 N–H and O–H groups in total. The van der Waals surface area contributed by atoms with Crippen LogP contribution in [0, 0.1) is 5.92 Å². The summed E-state index contributed by atoms with van der Waals surface area (Å²) in [6.45, 7) is 5.56. The molecule has 222 valence electrons. The molecule has 8 nitrogen and oxygen atoms in total. The van der Waals surface area contributed by atoms with E-state index in [1.165, 1.54) is 16.7 Å². The van der Waals surface area contributed by atoms with E-state index in [1.54, 1.807) is 47.6 Å². The Balaban J connectivity index is 1.34. The van der Waals surface area contributed by atoms with Gasteiger partial charge < -0.3 is 20.1 Å². The monoisotopic (exact) mass is 578 g/mol. The van der Waals surface area contributed by atoms with Crippen LogP contribution in [0.5, 0.6) is 5.75 Å². The Morgan fingerprint density at radius 1 is 1.05 bits per heavy atom. The molecule has 0 unspecified atom stereocenters. The third-order valence-corrected chi connectivity index (χ3v) is 7.87. The molecule has 0 spiro atoms. The second-order valence-electron chi connectivity index (χ2n) is 11.3. The van der Waals surface area contributed by atoms with Crippen molar-refractivity contribution in [3.05, 3.63) is 114 Å². The van der Waals surface area contributed by atoms with E-state index >= 15 is 0 Å². The van der Waals surface area contributed by atoms with Crippen LogP contribution in [0.15, 0.2) is 97.3 Å². The fraction of sp³-hybridized carbons (Fsp3) is 0.286. The zero-order valence-corrected chi connectivity index (χ0v) is 24.8. The molecule has 0 fully saturated rings. The smallest absolute Gasteiger partial charge is 0.258 e. The van der Waals surface area contributed by atoms with Gasteiger partial charge in [0.15, 0.2) is 0 Å².